The Balaban J connectivity index is 1.70. The molecule has 1 aromatic heterocycles. The molecule has 7 nitrogen and oxygen atoms in total. The smallest absolute Gasteiger partial charge is 0.281 e. The molecule has 0 saturated heterocycles. The maximum absolute atomic E-state index is 11.2. The maximum atomic E-state index is 11.2. The van der Waals surface area contributed by atoms with E-state index in [1.54, 1.807) is 31.4 Å². The van der Waals surface area contributed by atoms with Crippen molar-refractivity contribution in [1.82, 2.24) is 5.43 Å². The molecule has 0 bridgehead atoms. The third kappa shape index (κ3) is 4.45. The number of hydrazone groups is 1. The van der Waals surface area contributed by atoms with Crippen molar-refractivity contribution in [3.63, 3.8) is 0 Å². The summed E-state index contributed by atoms with van der Waals surface area (Å²) in [5.41, 5.74) is 4.12. The Morgan fingerprint density at radius 1 is 1.26 bits per heavy atom. The van der Waals surface area contributed by atoms with Crippen LogP contribution in [-0.4, -0.2) is 18.2 Å². The van der Waals surface area contributed by atoms with Gasteiger partial charge in [0.25, 0.3) is 5.69 Å². The lowest BCUT2D eigenvalue weighted by Gasteiger charge is -2.06. The molecule has 0 atom stereocenters. The van der Waals surface area contributed by atoms with Crippen molar-refractivity contribution in [3.8, 4) is 17.1 Å². The fraction of sp³-hybridized carbons (Fsp3) is 0.105. The number of furan rings is 1. The van der Waals surface area contributed by atoms with Crippen LogP contribution >= 0.6 is 11.6 Å². The van der Waals surface area contributed by atoms with E-state index in [-0.39, 0.29) is 5.69 Å². The summed E-state index contributed by atoms with van der Waals surface area (Å²) < 4.78 is 10.9. The minimum atomic E-state index is -0.494. The molecule has 27 heavy (non-hydrogen) atoms. The highest BCUT2D eigenvalue weighted by atomic mass is 35.5. The number of benzene rings is 2. The molecule has 1 N–H and O–H groups in total. The van der Waals surface area contributed by atoms with E-state index < -0.39 is 4.92 Å². The van der Waals surface area contributed by atoms with Crippen molar-refractivity contribution in [1.29, 1.82) is 0 Å². The van der Waals surface area contributed by atoms with Gasteiger partial charge in [0.1, 0.15) is 17.3 Å². The summed E-state index contributed by atoms with van der Waals surface area (Å²) in [7, 11) is 1.61. The lowest BCUT2D eigenvalue weighted by molar-refractivity contribution is -0.384. The van der Waals surface area contributed by atoms with Crippen LogP contribution in [0.3, 0.4) is 0 Å². The molecule has 138 valence electrons. The number of nitrogens with zero attached hydrogens (tertiary/aromatic N) is 2. The monoisotopic (exact) mass is 385 g/mol. The number of methoxy groups -OCH3 is 1. The number of rotatable bonds is 7. The fourth-order valence-corrected chi connectivity index (χ4v) is 2.69. The first kappa shape index (κ1) is 18.5. The maximum Gasteiger partial charge on any atom is 0.281 e. The van der Waals surface area contributed by atoms with E-state index in [2.05, 4.69) is 10.5 Å². The number of halogens is 1. The van der Waals surface area contributed by atoms with Crippen LogP contribution in [0.15, 0.2) is 64.1 Å². The van der Waals surface area contributed by atoms with E-state index in [9.17, 15) is 10.1 Å². The van der Waals surface area contributed by atoms with Crippen molar-refractivity contribution < 1.29 is 14.1 Å². The Kier molecular flexibility index (Phi) is 5.73. The zero-order valence-corrected chi connectivity index (χ0v) is 15.1. The standard InChI is InChI=1S/C19H16ClN3O4/c1-26-18-5-3-2-4-13(18)11-21-22-12-15-7-9-19(27-15)16-8-6-14(20)10-17(16)23(24)25/h2-10,12,21H,11H2,1H3/b22-12-. The van der Waals surface area contributed by atoms with Crippen molar-refractivity contribution in [2.45, 2.75) is 6.54 Å². The average Bonchev–Trinajstić information content (AvgIpc) is 3.14. The van der Waals surface area contributed by atoms with Crippen LogP contribution in [0, 0.1) is 10.1 Å². The summed E-state index contributed by atoms with van der Waals surface area (Å²) in [6.45, 7) is 0.483. The lowest BCUT2D eigenvalue weighted by atomic mass is 10.1. The van der Waals surface area contributed by atoms with Gasteiger partial charge in [-0.1, -0.05) is 29.8 Å². The SMILES string of the molecule is COc1ccccc1CN/N=C\c1ccc(-c2ccc(Cl)cc2[N+](=O)[O-])o1. The summed E-state index contributed by atoms with van der Waals surface area (Å²) in [6, 6.07) is 15.4. The number of nitro benzene ring substituents is 1. The Morgan fingerprint density at radius 3 is 2.85 bits per heavy atom. The van der Waals surface area contributed by atoms with E-state index in [1.807, 2.05) is 24.3 Å². The Bertz CT molecular complexity index is 985. The summed E-state index contributed by atoms with van der Waals surface area (Å²) in [5.74, 6) is 1.60. The molecule has 0 aliphatic rings. The minimum Gasteiger partial charge on any atom is -0.496 e. The summed E-state index contributed by atoms with van der Waals surface area (Å²) in [5, 5.41) is 15.6. The van der Waals surface area contributed by atoms with Gasteiger partial charge in [-0.15, -0.1) is 0 Å². The van der Waals surface area contributed by atoms with Gasteiger partial charge < -0.3 is 14.6 Å². The van der Waals surface area contributed by atoms with Crippen molar-refractivity contribution in [3.05, 3.63) is 81.1 Å². The number of ether oxygens (including phenoxy) is 1. The summed E-state index contributed by atoms with van der Waals surface area (Å²) in [4.78, 5) is 10.7. The van der Waals surface area contributed by atoms with E-state index in [0.717, 1.165) is 11.3 Å². The van der Waals surface area contributed by atoms with Crippen LogP contribution in [-0.2, 0) is 6.54 Å². The molecule has 1 heterocycles. The second-order valence-electron chi connectivity index (χ2n) is 5.53. The number of hydrogen-bond donors (Lipinski definition) is 1. The molecule has 0 fully saturated rings. The zero-order valence-electron chi connectivity index (χ0n) is 14.4. The van der Waals surface area contributed by atoms with Crippen molar-refractivity contribution in [2.75, 3.05) is 7.11 Å². The molecule has 3 rings (SSSR count). The van der Waals surface area contributed by atoms with Gasteiger partial charge in [-0.3, -0.25) is 10.1 Å². The number of para-hydroxylation sites is 1. The molecular weight excluding hydrogens is 370 g/mol. The molecule has 8 heteroatoms. The van der Waals surface area contributed by atoms with Crippen LogP contribution in [0.1, 0.15) is 11.3 Å². The number of nitro groups is 1. The quantitative estimate of drug-likeness (QED) is 0.363. The first-order valence-electron chi connectivity index (χ1n) is 8.00. The second-order valence-corrected chi connectivity index (χ2v) is 5.96. The largest absolute Gasteiger partial charge is 0.496 e. The predicted octanol–water partition coefficient (Wildman–Crippen LogP) is 4.64. The molecule has 0 aliphatic carbocycles. The first-order chi connectivity index (χ1) is 13.1. The highest BCUT2D eigenvalue weighted by Crippen LogP contribution is 2.33. The van der Waals surface area contributed by atoms with Crippen molar-refractivity contribution in [2.24, 2.45) is 5.10 Å². The third-order valence-corrected chi connectivity index (χ3v) is 4.03. The average molecular weight is 386 g/mol. The highest BCUT2D eigenvalue weighted by Gasteiger charge is 2.18. The molecule has 0 aliphatic heterocycles. The Hall–Kier alpha value is -3.32. The Labute approximate surface area is 160 Å². The second kappa shape index (κ2) is 8.37. The van der Waals surface area contributed by atoms with E-state index in [0.29, 0.717) is 28.7 Å². The van der Waals surface area contributed by atoms with Crippen molar-refractivity contribution >= 4 is 23.5 Å². The Morgan fingerprint density at radius 2 is 2.07 bits per heavy atom. The van der Waals surface area contributed by atoms with E-state index in [4.69, 9.17) is 20.8 Å². The molecule has 3 aromatic rings. The minimum absolute atomic E-state index is 0.116. The molecular formula is C19H16ClN3O4. The number of hydrogen-bond acceptors (Lipinski definition) is 6. The van der Waals surface area contributed by atoms with E-state index in [1.165, 1.54) is 12.3 Å². The fourth-order valence-electron chi connectivity index (χ4n) is 2.52. The number of nitrogens with one attached hydrogen (secondary N) is 1. The molecule has 2 aromatic carbocycles. The predicted molar refractivity (Wildman–Crippen MR) is 103 cm³/mol. The third-order valence-electron chi connectivity index (χ3n) is 3.79. The van der Waals surface area contributed by atoms with Crippen LogP contribution < -0.4 is 10.2 Å². The van der Waals surface area contributed by atoms with Gasteiger partial charge in [-0.2, -0.15) is 5.10 Å². The van der Waals surface area contributed by atoms with Crippen LogP contribution in [0.2, 0.25) is 5.02 Å². The van der Waals surface area contributed by atoms with Gasteiger partial charge in [0.05, 0.1) is 30.4 Å². The molecule has 0 spiro atoms. The molecule has 0 amide bonds. The zero-order chi connectivity index (χ0) is 19.2. The van der Waals surface area contributed by atoms with Gasteiger partial charge in [0.2, 0.25) is 0 Å². The molecule has 0 unspecified atom stereocenters. The van der Waals surface area contributed by atoms with Gasteiger partial charge in [-0.05, 0) is 30.3 Å². The van der Waals surface area contributed by atoms with Gasteiger partial charge in [-0.25, -0.2) is 0 Å². The van der Waals surface area contributed by atoms with Gasteiger partial charge in [0, 0.05) is 16.7 Å². The van der Waals surface area contributed by atoms with Crippen LogP contribution in [0.25, 0.3) is 11.3 Å². The molecule has 0 saturated carbocycles. The molecule has 0 radical (unpaired) electrons. The van der Waals surface area contributed by atoms with Gasteiger partial charge >= 0.3 is 0 Å². The topological polar surface area (TPSA) is 89.9 Å². The lowest BCUT2D eigenvalue weighted by Crippen LogP contribution is -2.06. The summed E-state index contributed by atoms with van der Waals surface area (Å²) in [6.07, 6.45) is 1.50. The highest BCUT2D eigenvalue weighted by molar-refractivity contribution is 6.30. The van der Waals surface area contributed by atoms with Crippen LogP contribution in [0.5, 0.6) is 5.75 Å². The first-order valence-corrected chi connectivity index (χ1v) is 8.38. The van der Waals surface area contributed by atoms with Crippen LogP contribution in [0.4, 0.5) is 5.69 Å². The summed E-state index contributed by atoms with van der Waals surface area (Å²) >= 11 is 5.84. The van der Waals surface area contributed by atoms with Gasteiger partial charge in [0.15, 0.2) is 0 Å². The normalized spacial score (nSPS) is 10.9. The van der Waals surface area contributed by atoms with E-state index >= 15 is 0 Å².